The highest BCUT2D eigenvalue weighted by Gasteiger charge is 2.46. The van der Waals surface area contributed by atoms with Gasteiger partial charge in [-0.2, -0.15) is 5.10 Å². The van der Waals surface area contributed by atoms with Crippen LogP contribution in [0.4, 0.5) is 15.9 Å². The zero-order valence-corrected chi connectivity index (χ0v) is 23.1. The molecule has 1 fully saturated rings. The number of amidine groups is 1. The van der Waals surface area contributed by atoms with E-state index in [1.54, 1.807) is 16.8 Å². The molecule has 1 atom stereocenters. The van der Waals surface area contributed by atoms with E-state index in [1.165, 1.54) is 5.56 Å². The molecule has 4 aromatic rings. The summed E-state index contributed by atoms with van der Waals surface area (Å²) in [7, 11) is 1.92. The minimum Gasteiger partial charge on any atom is -0.355 e. The molecule has 0 saturated carbocycles. The van der Waals surface area contributed by atoms with E-state index in [-0.39, 0.29) is 24.7 Å². The van der Waals surface area contributed by atoms with E-state index in [9.17, 15) is 4.39 Å². The molecule has 10 heteroatoms. The molecular weight excluding hydrogens is 529 g/mol. The number of nitrogens with zero attached hydrogens (tertiary/aromatic N) is 8. The molecule has 0 unspecified atom stereocenters. The summed E-state index contributed by atoms with van der Waals surface area (Å²) in [5, 5.41) is 4.29. The number of piperidine rings is 1. The van der Waals surface area contributed by atoms with Crippen LogP contribution in [0.3, 0.4) is 0 Å². The highest BCUT2D eigenvalue weighted by Crippen LogP contribution is 2.51. The fraction of sp³-hybridized carbons (Fsp3) is 0.406. The number of aliphatic imine (C=N–C) groups is 1. The number of hydrogen-bond acceptors (Lipinski definition) is 8. The maximum absolute atomic E-state index is 13.9. The molecule has 216 valence electrons. The van der Waals surface area contributed by atoms with Crippen LogP contribution in [0.15, 0.2) is 53.9 Å². The van der Waals surface area contributed by atoms with E-state index in [2.05, 4.69) is 27.0 Å². The van der Waals surface area contributed by atoms with E-state index >= 15 is 0 Å². The van der Waals surface area contributed by atoms with Gasteiger partial charge in [-0.3, -0.25) is 14.7 Å². The fourth-order valence-electron chi connectivity index (χ4n) is 7.19. The molecule has 3 aromatic heterocycles. The van der Waals surface area contributed by atoms with Crippen LogP contribution >= 0.6 is 0 Å². The van der Waals surface area contributed by atoms with Crippen molar-refractivity contribution in [3.63, 3.8) is 0 Å². The second-order valence-electron chi connectivity index (χ2n) is 11.8. The molecule has 0 bridgehead atoms. The van der Waals surface area contributed by atoms with E-state index in [0.717, 1.165) is 103 Å². The van der Waals surface area contributed by atoms with Gasteiger partial charge in [0.25, 0.3) is 0 Å². The molecule has 0 radical (unpaired) electrons. The molecule has 1 aliphatic carbocycles. The standard InChI is InChI=1S/C31H32FN9.CH4/c1-39-18-20(15-36-39)23-6-7-26-24(37-23)3-2-10-41(26)30-28-25(16-35-30)38-27(17-34-28)40-11-8-31(9-12-40)14-19-4-5-21(32)13-22(19)29(31)33;/h4-7,13,15,17-18,29H,2-3,8-12,14,16,33H2,1H3;1H4/t29-;/m1./s1. The number of benzene rings is 1. The molecule has 6 heterocycles. The van der Waals surface area contributed by atoms with Crippen LogP contribution in [-0.4, -0.2) is 50.2 Å². The first kappa shape index (κ1) is 26.7. The first-order chi connectivity index (χ1) is 20.0. The third-order valence-corrected chi connectivity index (χ3v) is 9.44. The Morgan fingerprint density at radius 2 is 1.88 bits per heavy atom. The van der Waals surface area contributed by atoms with E-state index in [1.807, 2.05) is 31.7 Å². The van der Waals surface area contributed by atoms with Gasteiger partial charge in [0.1, 0.15) is 17.3 Å². The zero-order chi connectivity index (χ0) is 27.7. The molecule has 1 saturated heterocycles. The maximum atomic E-state index is 13.9. The summed E-state index contributed by atoms with van der Waals surface area (Å²) in [6.45, 7) is 3.12. The lowest BCUT2D eigenvalue weighted by Crippen LogP contribution is -2.44. The van der Waals surface area contributed by atoms with E-state index in [4.69, 9.17) is 25.7 Å². The predicted octanol–water partition coefficient (Wildman–Crippen LogP) is 4.60. The van der Waals surface area contributed by atoms with Gasteiger partial charge in [-0.15, -0.1) is 0 Å². The number of anilines is 2. The second-order valence-corrected chi connectivity index (χ2v) is 11.8. The smallest absolute Gasteiger partial charge is 0.156 e. The largest absolute Gasteiger partial charge is 0.355 e. The molecule has 3 aliphatic heterocycles. The van der Waals surface area contributed by atoms with Gasteiger partial charge in [-0.1, -0.05) is 13.5 Å². The average molecular weight is 566 g/mol. The molecule has 4 aliphatic rings. The lowest BCUT2D eigenvalue weighted by Gasteiger charge is -2.42. The first-order valence-electron chi connectivity index (χ1n) is 14.4. The van der Waals surface area contributed by atoms with Crippen molar-refractivity contribution >= 4 is 17.3 Å². The normalized spacial score (nSPS) is 20.2. The Morgan fingerprint density at radius 1 is 1.02 bits per heavy atom. The van der Waals surface area contributed by atoms with Crippen LogP contribution in [-0.2, 0) is 26.4 Å². The molecule has 0 amide bonds. The Balaban J connectivity index is 0.00000288. The number of aromatic nitrogens is 5. The Morgan fingerprint density at radius 3 is 2.69 bits per heavy atom. The molecule has 1 spiro atoms. The summed E-state index contributed by atoms with van der Waals surface area (Å²) in [6.07, 6.45) is 10.5. The third kappa shape index (κ3) is 4.19. The first-order valence-corrected chi connectivity index (χ1v) is 14.4. The number of nitrogens with two attached hydrogens (primary N) is 1. The van der Waals surface area contributed by atoms with Crippen molar-refractivity contribution in [3.05, 3.63) is 82.9 Å². The van der Waals surface area contributed by atoms with Gasteiger partial charge in [-0.25, -0.2) is 14.4 Å². The number of halogens is 1. The van der Waals surface area contributed by atoms with Gasteiger partial charge in [0.05, 0.1) is 41.7 Å². The van der Waals surface area contributed by atoms with Crippen LogP contribution in [0, 0.1) is 11.2 Å². The number of fused-ring (bicyclic) bond motifs is 3. The molecule has 42 heavy (non-hydrogen) atoms. The SMILES string of the molecule is C.Cn1cc(-c2ccc3c(n2)CCCN3C2=NCc3nc(N4CCC5(CC4)Cc4ccc(F)cc4[C@H]5N)cnc32)cn1. The van der Waals surface area contributed by atoms with Crippen LogP contribution in [0.2, 0.25) is 0 Å². The molecule has 2 N–H and O–H groups in total. The van der Waals surface area contributed by atoms with E-state index in [0.29, 0.717) is 6.54 Å². The van der Waals surface area contributed by atoms with Crippen molar-refractivity contribution in [3.8, 4) is 11.3 Å². The van der Waals surface area contributed by atoms with Crippen LogP contribution in [0.5, 0.6) is 0 Å². The molecule has 8 rings (SSSR count). The highest BCUT2D eigenvalue weighted by atomic mass is 19.1. The fourth-order valence-corrected chi connectivity index (χ4v) is 7.19. The van der Waals surface area contributed by atoms with Crippen LogP contribution in [0.25, 0.3) is 11.3 Å². The zero-order valence-electron chi connectivity index (χ0n) is 23.1. The van der Waals surface area contributed by atoms with Crippen molar-refractivity contribution in [2.24, 2.45) is 23.2 Å². The van der Waals surface area contributed by atoms with Crippen molar-refractivity contribution in [1.29, 1.82) is 0 Å². The number of pyridine rings is 1. The van der Waals surface area contributed by atoms with E-state index < -0.39 is 0 Å². The topological polar surface area (TPSA) is 101 Å². The maximum Gasteiger partial charge on any atom is 0.156 e. The average Bonchev–Trinajstić information content (AvgIpc) is 3.69. The highest BCUT2D eigenvalue weighted by molar-refractivity contribution is 6.11. The third-order valence-electron chi connectivity index (χ3n) is 9.44. The molecule has 1 aromatic carbocycles. The minimum absolute atomic E-state index is 0. The summed E-state index contributed by atoms with van der Waals surface area (Å²) in [5.41, 5.74) is 14.8. The quantitative estimate of drug-likeness (QED) is 0.379. The summed E-state index contributed by atoms with van der Waals surface area (Å²) < 4.78 is 15.7. The van der Waals surface area contributed by atoms with Gasteiger partial charge >= 0.3 is 0 Å². The Bertz CT molecular complexity index is 1700. The Kier molecular flexibility index (Phi) is 6.34. The Labute approximate surface area is 245 Å². The Hall–Kier alpha value is -4.18. The summed E-state index contributed by atoms with van der Waals surface area (Å²) in [4.78, 5) is 24.4. The predicted molar refractivity (Wildman–Crippen MR) is 162 cm³/mol. The van der Waals surface area contributed by atoms with Crippen molar-refractivity contribution in [2.45, 2.75) is 52.1 Å². The van der Waals surface area contributed by atoms with Crippen molar-refractivity contribution in [2.75, 3.05) is 29.4 Å². The lowest BCUT2D eigenvalue weighted by atomic mass is 9.73. The summed E-state index contributed by atoms with van der Waals surface area (Å²) in [5.74, 6) is 1.57. The van der Waals surface area contributed by atoms with Crippen molar-refractivity contribution in [1.82, 2.24) is 24.7 Å². The number of aryl methyl sites for hydroxylation is 2. The number of rotatable bonds is 2. The van der Waals surface area contributed by atoms with Gasteiger partial charge in [-0.05, 0) is 72.9 Å². The van der Waals surface area contributed by atoms with Gasteiger partial charge < -0.3 is 15.5 Å². The van der Waals surface area contributed by atoms with Gasteiger partial charge in [0, 0.05) is 44.5 Å². The monoisotopic (exact) mass is 565 g/mol. The second kappa shape index (κ2) is 9.97. The summed E-state index contributed by atoms with van der Waals surface area (Å²) >= 11 is 0. The lowest BCUT2D eigenvalue weighted by molar-refractivity contribution is 0.187. The summed E-state index contributed by atoms with van der Waals surface area (Å²) in [6, 6.07) is 9.17. The van der Waals surface area contributed by atoms with Crippen molar-refractivity contribution < 1.29 is 4.39 Å². The van der Waals surface area contributed by atoms with Crippen LogP contribution < -0.4 is 15.5 Å². The van der Waals surface area contributed by atoms with Gasteiger partial charge in [0.2, 0.25) is 0 Å². The van der Waals surface area contributed by atoms with Crippen LogP contribution in [0.1, 0.15) is 60.9 Å². The molecular formula is C32H36FN9. The number of hydrogen-bond donors (Lipinski definition) is 1. The van der Waals surface area contributed by atoms with Gasteiger partial charge in [0.15, 0.2) is 5.84 Å². The minimum atomic E-state index is -0.206. The molecule has 9 nitrogen and oxygen atoms in total.